The predicted molar refractivity (Wildman–Crippen MR) is 109 cm³/mol. The Balaban J connectivity index is 1.23. The number of thiophene rings is 1. The lowest BCUT2D eigenvalue weighted by Crippen LogP contribution is -2.30. The third-order valence-corrected chi connectivity index (χ3v) is 5.76. The van der Waals surface area contributed by atoms with E-state index in [1.54, 1.807) is 12.5 Å². The van der Waals surface area contributed by atoms with Crippen molar-refractivity contribution in [1.29, 1.82) is 0 Å². The summed E-state index contributed by atoms with van der Waals surface area (Å²) in [5.41, 5.74) is 3.43. The summed E-state index contributed by atoms with van der Waals surface area (Å²) in [6.45, 7) is 3.47. The van der Waals surface area contributed by atoms with E-state index < -0.39 is 0 Å². The average Bonchev–Trinajstić information content (AvgIpc) is 3.37. The van der Waals surface area contributed by atoms with Gasteiger partial charge >= 0.3 is 6.03 Å². The lowest BCUT2D eigenvalue weighted by atomic mass is 10.1. The second kappa shape index (κ2) is 8.26. The molecule has 1 aliphatic heterocycles. The first kappa shape index (κ1) is 17.6. The molecule has 2 N–H and O–H groups in total. The molecule has 0 unspecified atom stereocenters. The molecule has 2 amide bonds. The lowest BCUT2D eigenvalue weighted by Gasteiger charge is -2.29. The van der Waals surface area contributed by atoms with Gasteiger partial charge < -0.3 is 20.1 Å². The average molecular weight is 382 g/mol. The molecule has 3 heterocycles. The molecule has 0 spiro atoms. The highest BCUT2D eigenvalue weighted by Gasteiger charge is 2.17. The Kier molecular flexibility index (Phi) is 5.39. The number of urea groups is 1. The molecule has 0 bridgehead atoms. The second-order valence-corrected chi connectivity index (χ2v) is 7.62. The SMILES string of the molecule is O=C(NCCCn1ccnc1)Nc1ccc(N2CCc3sccc3C2)cc1. The number of nitrogens with zero attached hydrogens (tertiary/aromatic N) is 3. The highest BCUT2D eigenvalue weighted by Crippen LogP contribution is 2.28. The number of benzene rings is 1. The van der Waals surface area contributed by atoms with Crippen molar-refractivity contribution in [3.63, 3.8) is 0 Å². The molecule has 0 saturated heterocycles. The van der Waals surface area contributed by atoms with Crippen molar-refractivity contribution < 1.29 is 4.79 Å². The molecule has 0 aliphatic carbocycles. The summed E-state index contributed by atoms with van der Waals surface area (Å²) in [5, 5.41) is 7.95. The van der Waals surface area contributed by atoms with Gasteiger partial charge in [0.25, 0.3) is 0 Å². The summed E-state index contributed by atoms with van der Waals surface area (Å²) >= 11 is 1.85. The third kappa shape index (κ3) is 4.49. The van der Waals surface area contributed by atoms with E-state index in [1.807, 2.05) is 34.2 Å². The molecule has 1 aliphatic rings. The number of carbonyl (C=O) groups is 1. The van der Waals surface area contributed by atoms with Crippen molar-refractivity contribution >= 4 is 28.7 Å². The molecule has 4 rings (SSSR count). The number of carbonyl (C=O) groups excluding carboxylic acids is 1. The van der Waals surface area contributed by atoms with Gasteiger partial charge in [0.1, 0.15) is 0 Å². The van der Waals surface area contributed by atoms with Crippen LogP contribution in [0, 0.1) is 0 Å². The van der Waals surface area contributed by atoms with Crippen molar-refractivity contribution in [2.75, 3.05) is 23.3 Å². The van der Waals surface area contributed by atoms with Gasteiger partial charge in [-0.15, -0.1) is 11.3 Å². The Morgan fingerprint density at radius 3 is 2.93 bits per heavy atom. The number of aryl methyl sites for hydroxylation is 1. The third-order valence-electron chi connectivity index (χ3n) is 4.74. The molecule has 2 aromatic heterocycles. The Morgan fingerprint density at radius 1 is 1.22 bits per heavy atom. The minimum atomic E-state index is -0.172. The topological polar surface area (TPSA) is 62.2 Å². The Bertz CT molecular complexity index is 872. The van der Waals surface area contributed by atoms with Crippen molar-refractivity contribution in [1.82, 2.24) is 14.9 Å². The van der Waals surface area contributed by atoms with E-state index in [0.717, 1.165) is 38.2 Å². The Morgan fingerprint density at radius 2 is 2.11 bits per heavy atom. The van der Waals surface area contributed by atoms with Gasteiger partial charge in [-0.2, -0.15) is 0 Å². The van der Waals surface area contributed by atoms with E-state index in [4.69, 9.17) is 0 Å². The maximum Gasteiger partial charge on any atom is 0.319 e. The highest BCUT2D eigenvalue weighted by atomic mass is 32.1. The van der Waals surface area contributed by atoms with Crippen LogP contribution >= 0.6 is 11.3 Å². The predicted octanol–water partition coefficient (Wildman–Crippen LogP) is 3.72. The van der Waals surface area contributed by atoms with Gasteiger partial charge in [0.2, 0.25) is 0 Å². The van der Waals surface area contributed by atoms with Crippen molar-refractivity contribution in [2.45, 2.75) is 25.9 Å². The first-order chi connectivity index (χ1) is 13.3. The summed E-state index contributed by atoms with van der Waals surface area (Å²) in [6, 6.07) is 10.1. The minimum Gasteiger partial charge on any atom is -0.367 e. The first-order valence-electron chi connectivity index (χ1n) is 9.19. The molecule has 0 atom stereocenters. The fourth-order valence-electron chi connectivity index (χ4n) is 3.28. The second-order valence-electron chi connectivity index (χ2n) is 6.62. The molecule has 0 fully saturated rings. The zero-order valence-electron chi connectivity index (χ0n) is 15.1. The first-order valence-corrected chi connectivity index (χ1v) is 10.1. The quantitative estimate of drug-likeness (QED) is 0.640. The van der Waals surface area contributed by atoms with Gasteiger partial charge in [-0.1, -0.05) is 0 Å². The van der Waals surface area contributed by atoms with Crippen molar-refractivity contribution in [3.05, 3.63) is 64.9 Å². The van der Waals surface area contributed by atoms with E-state index >= 15 is 0 Å². The lowest BCUT2D eigenvalue weighted by molar-refractivity contribution is 0.252. The van der Waals surface area contributed by atoms with E-state index in [0.29, 0.717) is 6.54 Å². The zero-order chi connectivity index (χ0) is 18.5. The molecular formula is C20H23N5OS. The molecule has 0 saturated carbocycles. The molecule has 1 aromatic carbocycles. The molecule has 27 heavy (non-hydrogen) atoms. The van der Waals surface area contributed by atoms with Crippen molar-refractivity contribution in [2.24, 2.45) is 0 Å². The molecule has 6 nitrogen and oxygen atoms in total. The van der Waals surface area contributed by atoms with Crippen LogP contribution < -0.4 is 15.5 Å². The maximum absolute atomic E-state index is 12.0. The van der Waals surface area contributed by atoms with Crippen LogP contribution in [0.5, 0.6) is 0 Å². The number of imidazole rings is 1. The molecule has 140 valence electrons. The van der Waals surface area contributed by atoms with E-state index in [1.165, 1.54) is 16.1 Å². The van der Waals surface area contributed by atoms with Crippen LogP contribution in [0.15, 0.2) is 54.4 Å². The number of hydrogen-bond donors (Lipinski definition) is 2. The fourth-order valence-corrected chi connectivity index (χ4v) is 4.17. The number of anilines is 2. The number of aromatic nitrogens is 2. The minimum absolute atomic E-state index is 0.172. The summed E-state index contributed by atoms with van der Waals surface area (Å²) in [7, 11) is 0. The number of rotatable bonds is 6. The van der Waals surface area contributed by atoms with Crippen LogP contribution in [0.1, 0.15) is 16.9 Å². The van der Waals surface area contributed by atoms with Gasteiger partial charge in [-0.3, -0.25) is 0 Å². The number of nitrogens with one attached hydrogen (secondary N) is 2. The van der Waals surface area contributed by atoms with E-state index in [-0.39, 0.29) is 6.03 Å². The van der Waals surface area contributed by atoms with Gasteiger partial charge in [-0.25, -0.2) is 9.78 Å². The van der Waals surface area contributed by atoms with E-state index in [2.05, 4.69) is 44.1 Å². The van der Waals surface area contributed by atoms with E-state index in [9.17, 15) is 4.79 Å². The molecule has 3 aromatic rings. The van der Waals surface area contributed by atoms with Crippen LogP contribution in [0.4, 0.5) is 16.2 Å². The smallest absolute Gasteiger partial charge is 0.319 e. The number of fused-ring (bicyclic) bond motifs is 1. The monoisotopic (exact) mass is 381 g/mol. The van der Waals surface area contributed by atoms with Crippen LogP contribution in [0.3, 0.4) is 0 Å². The van der Waals surface area contributed by atoms with Gasteiger partial charge in [0, 0.05) is 54.8 Å². The highest BCUT2D eigenvalue weighted by molar-refractivity contribution is 7.10. The molecular weight excluding hydrogens is 358 g/mol. The Labute approximate surface area is 162 Å². The van der Waals surface area contributed by atoms with Gasteiger partial charge in [-0.05, 0) is 54.1 Å². The summed E-state index contributed by atoms with van der Waals surface area (Å²) in [5.74, 6) is 0. The summed E-state index contributed by atoms with van der Waals surface area (Å²) < 4.78 is 2.00. The summed E-state index contributed by atoms with van der Waals surface area (Å²) in [4.78, 5) is 19.9. The molecule has 7 heteroatoms. The molecule has 0 radical (unpaired) electrons. The number of amides is 2. The van der Waals surface area contributed by atoms with Crippen molar-refractivity contribution in [3.8, 4) is 0 Å². The van der Waals surface area contributed by atoms with Gasteiger partial charge in [0.05, 0.1) is 6.33 Å². The summed E-state index contributed by atoms with van der Waals surface area (Å²) in [6.07, 6.45) is 7.43. The maximum atomic E-state index is 12.0. The van der Waals surface area contributed by atoms with Crippen LogP contribution in [0.2, 0.25) is 0 Å². The van der Waals surface area contributed by atoms with Crippen LogP contribution in [-0.2, 0) is 19.5 Å². The van der Waals surface area contributed by atoms with Gasteiger partial charge in [0.15, 0.2) is 0 Å². The fraction of sp³-hybridized carbons (Fsp3) is 0.300. The largest absolute Gasteiger partial charge is 0.367 e. The van der Waals surface area contributed by atoms with Crippen LogP contribution in [-0.4, -0.2) is 28.7 Å². The number of hydrogen-bond acceptors (Lipinski definition) is 4. The van der Waals surface area contributed by atoms with Crippen LogP contribution in [0.25, 0.3) is 0 Å². The Hall–Kier alpha value is -2.80. The standard InChI is InChI=1S/C20H23N5OS/c26-20(22-8-1-10-24-12-9-21-15-24)23-17-2-4-18(5-3-17)25-11-6-19-16(14-25)7-13-27-19/h2-5,7,9,12-13,15H,1,6,8,10-11,14H2,(H2,22,23,26). The normalized spacial score (nSPS) is 13.3. The zero-order valence-corrected chi connectivity index (χ0v) is 15.9.